The molecule has 0 saturated carbocycles. The summed E-state index contributed by atoms with van der Waals surface area (Å²) in [6.07, 6.45) is 2.86. The molecular weight excluding hydrogens is 148 g/mol. The van der Waals surface area contributed by atoms with Crippen molar-refractivity contribution in [3.05, 3.63) is 0 Å². The topological polar surface area (TPSA) is 6.48 Å². The van der Waals surface area contributed by atoms with Gasteiger partial charge in [-0.2, -0.15) is 0 Å². The first-order chi connectivity index (χ1) is 5.86. The molecule has 2 aliphatic rings. The molecule has 0 aromatic carbocycles. The van der Waals surface area contributed by atoms with Crippen LogP contribution in [0, 0.1) is 0 Å². The molecule has 2 heteroatoms. The highest BCUT2D eigenvalue weighted by molar-refractivity contribution is 4.85. The molecule has 0 aromatic rings. The molecule has 2 rings (SSSR count). The molecule has 2 nitrogen and oxygen atoms in total. The van der Waals surface area contributed by atoms with E-state index in [1.54, 1.807) is 0 Å². The average Bonchev–Trinajstić information content (AvgIpc) is 2.54. The molecule has 2 saturated heterocycles. The van der Waals surface area contributed by atoms with Crippen molar-refractivity contribution in [2.75, 3.05) is 33.2 Å². The van der Waals surface area contributed by atoms with Gasteiger partial charge in [-0.05, 0) is 26.4 Å². The fraction of sp³-hybridized carbons (Fsp3) is 1.00. The van der Waals surface area contributed by atoms with Gasteiger partial charge < -0.3 is 4.90 Å². The Kier molecular flexibility index (Phi) is 4.02. The van der Waals surface area contributed by atoms with Crippen LogP contribution in [-0.4, -0.2) is 49.1 Å². The molecular formula is C10H22N2. The van der Waals surface area contributed by atoms with Gasteiger partial charge in [-0.15, -0.1) is 0 Å². The summed E-state index contributed by atoms with van der Waals surface area (Å²) in [5.41, 5.74) is 0. The van der Waals surface area contributed by atoms with Crippen molar-refractivity contribution in [1.29, 1.82) is 0 Å². The SMILES string of the molecule is CC.CN1CCN2CCCC2C1. The highest BCUT2D eigenvalue weighted by Gasteiger charge is 2.28. The van der Waals surface area contributed by atoms with Gasteiger partial charge in [0.15, 0.2) is 0 Å². The van der Waals surface area contributed by atoms with E-state index in [2.05, 4.69) is 16.8 Å². The number of rotatable bonds is 0. The van der Waals surface area contributed by atoms with Crippen LogP contribution < -0.4 is 0 Å². The van der Waals surface area contributed by atoms with E-state index < -0.39 is 0 Å². The Bertz CT molecular complexity index is 125. The lowest BCUT2D eigenvalue weighted by atomic mass is 10.2. The Morgan fingerprint density at radius 3 is 2.58 bits per heavy atom. The third kappa shape index (κ3) is 2.20. The van der Waals surface area contributed by atoms with Crippen molar-refractivity contribution in [1.82, 2.24) is 9.80 Å². The number of fused-ring (bicyclic) bond motifs is 1. The second-order valence-electron chi connectivity index (χ2n) is 3.59. The summed E-state index contributed by atoms with van der Waals surface area (Å²) < 4.78 is 0. The number of piperazine rings is 1. The maximum atomic E-state index is 2.64. The van der Waals surface area contributed by atoms with Gasteiger partial charge in [0.25, 0.3) is 0 Å². The fourth-order valence-electron chi connectivity index (χ4n) is 2.15. The van der Waals surface area contributed by atoms with E-state index in [0.29, 0.717) is 0 Å². The first-order valence-corrected chi connectivity index (χ1v) is 5.29. The van der Waals surface area contributed by atoms with E-state index in [0.717, 1.165) is 6.04 Å². The lowest BCUT2D eigenvalue weighted by Gasteiger charge is -2.35. The van der Waals surface area contributed by atoms with Gasteiger partial charge in [-0.1, -0.05) is 13.8 Å². The largest absolute Gasteiger partial charge is 0.304 e. The van der Waals surface area contributed by atoms with E-state index in [4.69, 9.17) is 0 Å². The predicted molar refractivity (Wildman–Crippen MR) is 53.4 cm³/mol. The molecule has 2 heterocycles. The van der Waals surface area contributed by atoms with Crippen LogP contribution in [0.25, 0.3) is 0 Å². The van der Waals surface area contributed by atoms with Gasteiger partial charge in [0.1, 0.15) is 0 Å². The highest BCUT2D eigenvalue weighted by atomic mass is 15.3. The molecule has 0 N–H and O–H groups in total. The Morgan fingerprint density at radius 2 is 1.83 bits per heavy atom. The third-order valence-electron chi connectivity index (χ3n) is 2.79. The summed E-state index contributed by atoms with van der Waals surface area (Å²) >= 11 is 0. The van der Waals surface area contributed by atoms with Crippen LogP contribution in [-0.2, 0) is 0 Å². The molecule has 1 atom stereocenters. The summed E-state index contributed by atoms with van der Waals surface area (Å²) in [5, 5.41) is 0. The Labute approximate surface area is 76.5 Å². The molecule has 12 heavy (non-hydrogen) atoms. The zero-order valence-electron chi connectivity index (χ0n) is 8.71. The molecule has 0 aromatic heterocycles. The van der Waals surface area contributed by atoms with Gasteiger partial charge in [-0.25, -0.2) is 0 Å². The molecule has 0 amide bonds. The summed E-state index contributed by atoms with van der Waals surface area (Å²) in [5.74, 6) is 0. The maximum absolute atomic E-state index is 2.64. The summed E-state index contributed by atoms with van der Waals surface area (Å²) in [6.45, 7) is 9.25. The van der Waals surface area contributed by atoms with Gasteiger partial charge in [0.05, 0.1) is 0 Å². The van der Waals surface area contributed by atoms with Crippen LogP contribution in [0.5, 0.6) is 0 Å². The first-order valence-electron chi connectivity index (χ1n) is 5.29. The van der Waals surface area contributed by atoms with E-state index in [-0.39, 0.29) is 0 Å². The Hall–Kier alpha value is -0.0800. The average molecular weight is 170 g/mol. The highest BCUT2D eigenvalue weighted by Crippen LogP contribution is 2.20. The van der Waals surface area contributed by atoms with Crippen LogP contribution in [0.1, 0.15) is 26.7 Å². The normalized spacial score (nSPS) is 30.8. The molecule has 2 aliphatic heterocycles. The van der Waals surface area contributed by atoms with Gasteiger partial charge >= 0.3 is 0 Å². The molecule has 0 spiro atoms. The van der Waals surface area contributed by atoms with Crippen LogP contribution in [0.2, 0.25) is 0 Å². The monoisotopic (exact) mass is 170 g/mol. The van der Waals surface area contributed by atoms with Crippen molar-refractivity contribution >= 4 is 0 Å². The van der Waals surface area contributed by atoms with Crippen LogP contribution in [0.4, 0.5) is 0 Å². The lowest BCUT2D eigenvalue weighted by molar-refractivity contribution is 0.124. The van der Waals surface area contributed by atoms with E-state index in [9.17, 15) is 0 Å². The van der Waals surface area contributed by atoms with E-state index in [1.165, 1.54) is 39.0 Å². The van der Waals surface area contributed by atoms with Crippen molar-refractivity contribution in [2.45, 2.75) is 32.7 Å². The summed E-state index contributed by atoms with van der Waals surface area (Å²) in [4.78, 5) is 5.09. The first kappa shape index (κ1) is 10.0. The Balaban J connectivity index is 0.000000336. The second-order valence-corrected chi connectivity index (χ2v) is 3.59. The van der Waals surface area contributed by atoms with Crippen LogP contribution in [0.15, 0.2) is 0 Å². The molecule has 72 valence electrons. The number of likely N-dealkylation sites (N-methyl/N-ethyl adjacent to an activating group) is 1. The minimum atomic E-state index is 0.902. The minimum absolute atomic E-state index is 0.902. The quantitative estimate of drug-likeness (QED) is 0.542. The number of nitrogens with zero attached hydrogens (tertiary/aromatic N) is 2. The number of hydrogen-bond donors (Lipinski definition) is 0. The smallest absolute Gasteiger partial charge is 0.0224 e. The summed E-state index contributed by atoms with van der Waals surface area (Å²) in [6, 6.07) is 0.902. The maximum Gasteiger partial charge on any atom is 0.0224 e. The van der Waals surface area contributed by atoms with Gasteiger partial charge in [0.2, 0.25) is 0 Å². The lowest BCUT2D eigenvalue weighted by Crippen LogP contribution is -2.48. The third-order valence-corrected chi connectivity index (χ3v) is 2.79. The fourth-order valence-corrected chi connectivity index (χ4v) is 2.15. The van der Waals surface area contributed by atoms with Gasteiger partial charge in [-0.3, -0.25) is 4.90 Å². The Morgan fingerprint density at radius 1 is 1.08 bits per heavy atom. The molecule has 0 bridgehead atoms. The molecule has 1 unspecified atom stereocenters. The zero-order chi connectivity index (χ0) is 8.97. The van der Waals surface area contributed by atoms with Crippen LogP contribution in [0.3, 0.4) is 0 Å². The molecule has 2 fully saturated rings. The van der Waals surface area contributed by atoms with Crippen molar-refractivity contribution in [3.8, 4) is 0 Å². The molecule has 0 aliphatic carbocycles. The minimum Gasteiger partial charge on any atom is -0.304 e. The number of hydrogen-bond acceptors (Lipinski definition) is 2. The zero-order valence-corrected chi connectivity index (χ0v) is 8.71. The molecule has 0 radical (unpaired) electrons. The van der Waals surface area contributed by atoms with Crippen molar-refractivity contribution in [2.24, 2.45) is 0 Å². The van der Waals surface area contributed by atoms with Gasteiger partial charge in [0, 0.05) is 25.7 Å². The van der Waals surface area contributed by atoms with Crippen molar-refractivity contribution < 1.29 is 0 Å². The van der Waals surface area contributed by atoms with Crippen molar-refractivity contribution in [3.63, 3.8) is 0 Å². The second kappa shape index (κ2) is 4.83. The standard InChI is InChI=1S/C8H16N2.C2H6/c1-9-5-6-10-4-2-3-8(10)7-9;1-2/h8H,2-7H2,1H3;1-2H3. The predicted octanol–water partition coefficient (Wildman–Crippen LogP) is 1.42. The van der Waals surface area contributed by atoms with E-state index in [1.807, 2.05) is 13.8 Å². The summed E-state index contributed by atoms with van der Waals surface area (Å²) in [7, 11) is 2.23. The van der Waals surface area contributed by atoms with E-state index >= 15 is 0 Å². The van der Waals surface area contributed by atoms with Crippen LogP contribution >= 0.6 is 0 Å².